The Bertz CT molecular complexity index is 1010. The molecule has 0 unspecified atom stereocenters. The molecule has 2 aromatic rings. The largest absolute Gasteiger partial charge is 0.489 e. The molecule has 0 radical (unpaired) electrons. The Balaban J connectivity index is 0.000000196. The Kier molecular flexibility index (Phi) is 9.16. The number of carbonyl (C=O) groups is 2. The van der Waals surface area contributed by atoms with Gasteiger partial charge in [-0.25, -0.2) is 4.79 Å². The molecular formula is C24H24F4O7. The fraction of sp³-hybridized carbons (Fsp3) is 0.417. The van der Waals surface area contributed by atoms with Gasteiger partial charge in [-0.05, 0) is 73.9 Å². The van der Waals surface area contributed by atoms with Gasteiger partial charge >= 0.3 is 19.2 Å². The second-order valence-corrected chi connectivity index (χ2v) is 8.06. The fourth-order valence-electron chi connectivity index (χ4n) is 2.84. The standard InChI is InChI=1S/C12H12F2O4.C12H12F2O3/c13-12(14)18-9-4-3-8(11(15)16)5-10(9)17-6-7-1-2-7;13-12(14)17-10-4-3-9(6-15)5-11(10)16-7-8-1-2-8/h3-5,7,12H,1-2,6H2,(H,15,16);3-6,8,12H,1-2,7H2. The average Bonchev–Trinajstić information content (AvgIpc) is 3.73. The van der Waals surface area contributed by atoms with E-state index in [1.807, 2.05) is 0 Å². The van der Waals surface area contributed by atoms with Crippen LogP contribution in [0.4, 0.5) is 17.6 Å². The molecule has 0 saturated heterocycles. The first-order valence-corrected chi connectivity index (χ1v) is 10.9. The van der Waals surface area contributed by atoms with Crippen LogP contribution in [-0.4, -0.2) is 43.8 Å². The monoisotopic (exact) mass is 500 g/mol. The van der Waals surface area contributed by atoms with Crippen LogP contribution >= 0.6 is 0 Å². The van der Waals surface area contributed by atoms with Crippen molar-refractivity contribution in [1.29, 1.82) is 0 Å². The zero-order valence-electron chi connectivity index (χ0n) is 18.5. The van der Waals surface area contributed by atoms with Crippen molar-refractivity contribution in [2.45, 2.75) is 38.9 Å². The van der Waals surface area contributed by atoms with Gasteiger partial charge in [0, 0.05) is 5.56 Å². The molecule has 2 aliphatic carbocycles. The van der Waals surface area contributed by atoms with Crippen molar-refractivity contribution in [3.05, 3.63) is 47.5 Å². The Morgan fingerprint density at radius 2 is 1.31 bits per heavy atom. The van der Waals surface area contributed by atoms with Gasteiger partial charge in [-0.3, -0.25) is 4.79 Å². The second kappa shape index (κ2) is 12.3. The average molecular weight is 500 g/mol. The number of carboxylic acids is 1. The lowest BCUT2D eigenvalue weighted by Crippen LogP contribution is -2.07. The molecule has 2 saturated carbocycles. The van der Waals surface area contributed by atoms with E-state index in [0.717, 1.165) is 25.7 Å². The smallest absolute Gasteiger partial charge is 0.387 e. The zero-order valence-corrected chi connectivity index (χ0v) is 18.5. The van der Waals surface area contributed by atoms with E-state index in [1.54, 1.807) is 0 Å². The first kappa shape index (κ1) is 26.1. The van der Waals surface area contributed by atoms with Crippen molar-refractivity contribution in [2.24, 2.45) is 11.8 Å². The Morgan fingerprint density at radius 1 is 0.829 bits per heavy atom. The van der Waals surface area contributed by atoms with Crippen molar-refractivity contribution in [3.63, 3.8) is 0 Å². The molecule has 35 heavy (non-hydrogen) atoms. The summed E-state index contributed by atoms with van der Waals surface area (Å²) < 4.78 is 68.0. The van der Waals surface area contributed by atoms with E-state index in [2.05, 4.69) is 9.47 Å². The van der Waals surface area contributed by atoms with Crippen LogP contribution in [-0.2, 0) is 0 Å². The zero-order chi connectivity index (χ0) is 25.4. The van der Waals surface area contributed by atoms with Crippen LogP contribution in [0.1, 0.15) is 46.4 Å². The van der Waals surface area contributed by atoms with Crippen LogP contribution in [0.2, 0.25) is 0 Å². The van der Waals surface area contributed by atoms with E-state index in [9.17, 15) is 27.2 Å². The summed E-state index contributed by atoms with van der Waals surface area (Å²) in [4.78, 5) is 21.4. The number of carbonyl (C=O) groups excluding carboxylic acids is 1. The summed E-state index contributed by atoms with van der Waals surface area (Å²) in [5, 5.41) is 8.83. The van der Waals surface area contributed by atoms with Gasteiger partial charge in [0.25, 0.3) is 0 Å². The third kappa shape index (κ3) is 8.99. The third-order valence-corrected chi connectivity index (χ3v) is 5.07. The summed E-state index contributed by atoms with van der Waals surface area (Å²) in [6, 6.07) is 7.71. The molecule has 0 bridgehead atoms. The van der Waals surface area contributed by atoms with Gasteiger partial charge < -0.3 is 24.1 Å². The lowest BCUT2D eigenvalue weighted by Gasteiger charge is -2.12. The van der Waals surface area contributed by atoms with Crippen molar-refractivity contribution in [3.8, 4) is 23.0 Å². The van der Waals surface area contributed by atoms with Crippen LogP contribution in [0.3, 0.4) is 0 Å². The van der Waals surface area contributed by atoms with E-state index < -0.39 is 19.2 Å². The first-order chi connectivity index (χ1) is 16.7. The minimum atomic E-state index is -2.97. The molecule has 0 amide bonds. The molecule has 0 aromatic heterocycles. The first-order valence-electron chi connectivity index (χ1n) is 10.9. The highest BCUT2D eigenvalue weighted by Crippen LogP contribution is 2.35. The number of benzene rings is 2. The van der Waals surface area contributed by atoms with Gasteiger partial charge in [-0.2, -0.15) is 17.6 Å². The molecule has 7 nitrogen and oxygen atoms in total. The van der Waals surface area contributed by atoms with E-state index in [-0.39, 0.29) is 28.6 Å². The van der Waals surface area contributed by atoms with Crippen molar-refractivity contribution in [1.82, 2.24) is 0 Å². The number of hydrogen-bond donors (Lipinski definition) is 1. The summed E-state index contributed by atoms with van der Waals surface area (Å²) in [6.07, 6.45) is 4.92. The van der Waals surface area contributed by atoms with E-state index in [0.29, 0.717) is 36.9 Å². The maximum Gasteiger partial charge on any atom is 0.387 e. The SMILES string of the molecule is O=C(O)c1ccc(OC(F)F)c(OCC2CC2)c1.O=Cc1ccc(OC(F)F)c(OCC2CC2)c1. The van der Waals surface area contributed by atoms with Crippen LogP contribution in [0, 0.1) is 11.8 Å². The number of ether oxygens (including phenoxy) is 4. The summed E-state index contributed by atoms with van der Waals surface area (Å²) in [7, 11) is 0. The number of aldehydes is 1. The number of aromatic carboxylic acids is 1. The van der Waals surface area contributed by atoms with E-state index in [1.165, 1.54) is 36.4 Å². The minimum Gasteiger partial charge on any atom is -0.489 e. The molecule has 2 aromatic carbocycles. The molecule has 2 aliphatic rings. The van der Waals surface area contributed by atoms with Crippen LogP contribution in [0.25, 0.3) is 0 Å². The summed E-state index contributed by atoms with van der Waals surface area (Å²) in [6.45, 7) is -5.01. The molecule has 4 rings (SSSR count). The fourth-order valence-corrected chi connectivity index (χ4v) is 2.84. The molecule has 0 spiro atoms. The summed E-state index contributed by atoms with van der Waals surface area (Å²) >= 11 is 0. The maximum atomic E-state index is 12.2. The van der Waals surface area contributed by atoms with Crippen molar-refractivity contribution in [2.75, 3.05) is 13.2 Å². The van der Waals surface area contributed by atoms with E-state index in [4.69, 9.17) is 14.6 Å². The van der Waals surface area contributed by atoms with Crippen molar-refractivity contribution < 1.29 is 51.2 Å². The lowest BCUT2D eigenvalue weighted by molar-refractivity contribution is -0.0521. The number of alkyl halides is 4. The highest BCUT2D eigenvalue weighted by atomic mass is 19.3. The predicted molar refractivity (Wildman–Crippen MR) is 115 cm³/mol. The number of rotatable bonds is 12. The van der Waals surface area contributed by atoms with Crippen molar-refractivity contribution >= 4 is 12.3 Å². The number of hydrogen-bond acceptors (Lipinski definition) is 6. The van der Waals surface area contributed by atoms with Crippen LogP contribution in [0.5, 0.6) is 23.0 Å². The number of halogens is 4. The molecule has 0 aliphatic heterocycles. The Hall–Kier alpha value is -3.50. The maximum absolute atomic E-state index is 12.2. The van der Waals surface area contributed by atoms with Gasteiger partial charge in [0.15, 0.2) is 23.0 Å². The Labute approximate surface area is 198 Å². The highest BCUT2D eigenvalue weighted by molar-refractivity contribution is 5.88. The molecule has 1 N–H and O–H groups in total. The van der Waals surface area contributed by atoms with Gasteiger partial charge in [0.2, 0.25) is 0 Å². The topological polar surface area (TPSA) is 91.3 Å². The summed E-state index contributed by atoms with van der Waals surface area (Å²) in [5.41, 5.74) is 0.347. The second-order valence-electron chi connectivity index (χ2n) is 8.06. The molecule has 190 valence electrons. The van der Waals surface area contributed by atoms with Gasteiger partial charge in [-0.15, -0.1) is 0 Å². The minimum absolute atomic E-state index is 0.0255. The molecule has 0 heterocycles. The number of carboxylic acid groups (broad SMARTS) is 1. The predicted octanol–water partition coefficient (Wildman–Crippen LogP) is 5.66. The Morgan fingerprint density at radius 3 is 1.74 bits per heavy atom. The normalized spacial score (nSPS) is 14.7. The molecule has 11 heteroatoms. The highest BCUT2D eigenvalue weighted by Gasteiger charge is 2.24. The molecule has 2 fully saturated rings. The van der Waals surface area contributed by atoms with Gasteiger partial charge in [0.1, 0.15) is 6.29 Å². The molecular weight excluding hydrogens is 476 g/mol. The lowest BCUT2D eigenvalue weighted by atomic mass is 10.2. The van der Waals surface area contributed by atoms with Crippen LogP contribution in [0.15, 0.2) is 36.4 Å². The van der Waals surface area contributed by atoms with Gasteiger partial charge in [-0.1, -0.05) is 0 Å². The van der Waals surface area contributed by atoms with E-state index >= 15 is 0 Å². The third-order valence-electron chi connectivity index (χ3n) is 5.07. The van der Waals surface area contributed by atoms with Crippen LogP contribution < -0.4 is 18.9 Å². The summed E-state index contributed by atoms with van der Waals surface area (Å²) in [5.74, 6) is -0.159. The quantitative estimate of drug-likeness (QED) is 0.297. The molecule has 0 atom stereocenters. The van der Waals surface area contributed by atoms with Gasteiger partial charge in [0.05, 0.1) is 18.8 Å².